The van der Waals surface area contributed by atoms with Gasteiger partial charge in [0, 0.05) is 5.56 Å². The molecule has 1 saturated carbocycles. The average molecular weight is 344 g/mol. The molecular formula is C16H16N4O3S. The summed E-state index contributed by atoms with van der Waals surface area (Å²) in [6.07, 6.45) is 4.10. The lowest BCUT2D eigenvalue weighted by Gasteiger charge is -2.30. The van der Waals surface area contributed by atoms with Gasteiger partial charge in [-0.1, -0.05) is 19.3 Å². The second-order valence-electron chi connectivity index (χ2n) is 6.19. The predicted octanol–water partition coefficient (Wildman–Crippen LogP) is 2.20. The third-order valence-corrected chi connectivity index (χ3v) is 5.47. The van der Waals surface area contributed by atoms with Crippen molar-refractivity contribution in [3.63, 3.8) is 0 Å². The summed E-state index contributed by atoms with van der Waals surface area (Å²) in [7, 11) is 0. The van der Waals surface area contributed by atoms with Gasteiger partial charge >= 0.3 is 6.03 Å². The van der Waals surface area contributed by atoms with Crippen molar-refractivity contribution in [3.8, 4) is 0 Å². The van der Waals surface area contributed by atoms with Crippen molar-refractivity contribution in [2.75, 3.05) is 0 Å². The molecule has 0 atom stereocenters. The smallest absolute Gasteiger partial charge is 0.322 e. The Morgan fingerprint density at radius 3 is 2.83 bits per heavy atom. The molecule has 2 aliphatic rings. The summed E-state index contributed by atoms with van der Waals surface area (Å²) in [6, 6.07) is 4.52. The third kappa shape index (κ3) is 2.34. The number of nitrogens with one attached hydrogen (secondary N) is 2. The number of benzene rings is 1. The Kier molecular flexibility index (Phi) is 3.49. The second-order valence-corrected chi connectivity index (χ2v) is 7.08. The van der Waals surface area contributed by atoms with Crippen LogP contribution in [0.5, 0.6) is 0 Å². The number of hydrazine groups is 1. The van der Waals surface area contributed by atoms with E-state index >= 15 is 0 Å². The molecule has 1 aromatic carbocycles. The van der Waals surface area contributed by atoms with Crippen molar-refractivity contribution in [1.82, 2.24) is 20.7 Å². The summed E-state index contributed by atoms with van der Waals surface area (Å²) in [6.45, 7) is 0. The normalized spacial score (nSPS) is 19.8. The minimum Gasteiger partial charge on any atom is -0.322 e. The highest BCUT2D eigenvalue weighted by Crippen LogP contribution is 2.33. The number of thiazole rings is 1. The fourth-order valence-electron chi connectivity index (χ4n) is 3.38. The zero-order valence-corrected chi connectivity index (χ0v) is 13.7. The highest BCUT2D eigenvalue weighted by atomic mass is 32.1. The van der Waals surface area contributed by atoms with Gasteiger partial charge in [0.1, 0.15) is 5.54 Å². The van der Waals surface area contributed by atoms with E-state index in [-0.39, 0.29) is 5.91 Å². The van der Waals surface area contributed by atoms with Crippen LogP contribution in [0.15, 0.2) is 23.7 Å². The van der Waals surface area contributed by atoms with Crippen molar-refractivity contribution in [3.05, 3.63) is 29.3 Å². The van der Waals surface area contributed by atoms with Crippen molar-refractivity contribution >= 4 is 39.4 Å². The van der Waals surface area contributed by atoms with Gasteiger partial charge in [0.05, 0.1) is 15.7 Å². The van der Waals surface area contributed by atoms with Crippen LogP contribution in [0.1, 0.15) is 42.5 Å². The summed E-state index contributed by atoms with van der Waals surface area (Å²) in [5.41, 5.74) is 4.50. The highest BCUT2D eigenvalue weighted by Gasteiger charge is 2.52. The van der Waals surface area contributed by atoms with Gasteiger partial charge in [-0.05, 0) is 31.0 Å². The number of hydrogen-bond donors (Lipinski definition) is 2. The number of fused-ring (bicyclic) bond motifs is 1. The molecule has 4 rings (SSSR count). The Bertz CT molecular complexity index is 841. The fraction of sp³-hybridized carbons (Fsp3) is 0.375. The highest BCUT2D eigenvalue weighted by molar-refractivity contribution is 7.16. The maximum Gasteiger partial charge on any atom is 0.344 e. The molecule has 1 spiro atoms. The quantitative estimate of drug-likeness (QED) is 0.817. The Labute approximate surface area is 142 Å². The Balaban J connectivity index is 1.54. The minimum absolute atomic E-state index is 0.362. The summed E-state index contributed by atoms with van der Waals surface area (Å²) in [4.78, 5) is 41.4. The van der Waals surface area contributed by atoms with E-state index in [1.165, 1.54) is 11.3 Å². The predicted molar refractivity (Wildman–Crippen MR) is 88.3 cm³/mol. The Morgan fingerprint density at radius 2 is 2.04 bits per heavy atom. The van der Waals surface area contributed by atoms with Crippen LogP contribution in [-0.4, -0.2) is 33.4 Å². The van der Waals surface area contributed by atoms with Crippen LogP contribution in [0.4, 0.5) is 4.79 Å². The van der Waals surface area contributed by atoms with E-state index in [2.05, 4.69) is 15.7 Å². The third-order valence-electron chi connectivity index (χ3n) is 4.68. The molecule has 8 heteroatoms. The van der Waals surface area contributed by atoms with Crippen molar-refractivity contribution in [1.29, 1.82) is 0 Å². The molecule has 4 amide bonds. The molecule has 0 unspecified atom stereocenters. The summed E-state index contributed by atoms with van der Waals surface area (Å²) in [5, 5.41) is 3.59. The van der Waals surface area contributed by atoms with Crippen molar-refractivity contribution < 1.29 is 14.4 Å². The van der Waals surface area contributed by atoms with Gasteiger partial charge in [0.15, 0.2) is 0 Å². The van der Waals surface area contributed by atoms with Crippen LogP contribution < -0.4 is 10.7 Å². The zero-order valence-electron chi connectivity index (χ0n) is 12.9. The minimum atomic E-state index is -0.843. The van der Waals surface area contributed by atoms with E-state index in [0.717, 1.165) is 34.5 Å². The summed E-state index contributed by atoms with van der Waals surface area (Å²) >= 11 is 1.43. The van der Waals surface area contributed by atoms with Gasteiger partial charge in [0.2, 0.25) is 0 Å². The number of carbonyl (C=O) groups excluding carboxylic acids is 3. The van der Waals surface area contributed by atoms with Gasteiger partial charge in [0.25, 0.3) is 11.8 Å². The Morgan fingerprint density at radius 1 is 1.25 bits per heavy atom. The van der Waals surface area contributed by atoms with Crippen LogP contribution in [0.2, 0.25) is 0 Å². The molecule has 1 saturated heterocycles. The lowest BCUT2D eigenvalue weighted by Crippen LogP contribution is -2.50. The standard InChI is InChI=1S/C16H16N4O3S/c21-13(10-4-5-11-12(8-10)24-9-17-11)19-20-14(22)16(18-15(20)23)6-2-1-3-7-16/h4-5,8-9H,1-3,6-7H2,(H,18,23)(H,19,21). The fourth-order valence-corrected chi connectivity index (χ4v) is 4.09. The maximum atomic E-state index is 12.7. The first-order valence-electron chi connectivity index (χ1n) is 7.90. The zero-order chi connectivity index (χ0) is 16.7. The molecule has 24 heavy (non-hydrogen) atoms. The first-order valence-corrected chi connectivity index (χ1v) is 8.78. The lowest BCUT2D eigenvalue weighted by atomic mass is 9.82. The van der Waals surface area contributed by atoms with Gasteiger partial charge in [-0.2, -0.15) is 5.01 Å². The topological polar surface area (TPSA) is 91.4 Å². The van der Waals surface area contributed by atoms with E-state index < -0.39 is 17.5 Å². The van der Waals surface area contributed by atoms with Crippen LogP contribution in [0.3, 0.4) is 0 Å². The molecule has 1 aliphatic heterocycles. The van der Waals surface area contributed by atoms with Gasteiger partial charge in [-0.25, -0.2) is 9.78 Å². The average Bonchev–Trinajstić information content (AvgIpc) is 3.14. The van der Waals surface area contributed by atoms with E-state index in [0.29, 0.717) is 18.4 Å². The van der Waals surface area contributed by atoms with Crippen LogP contribution in [0, 0.1) is 0 Å². The molecular weight excluding hydrogens is 328 g/mol. The molecule has 2 heterocycles. The number of imide groups is 1. The number of carbonyl (C=O) groups is 3. The van der Waals surface area contributed by atoms with Gasteiger partial charge in [-0.3, -0.25) is 15.0 Å². The van der Waals surface area contributed by atoms with Gasteiger partial charge < -0.3 is 5.32 Å². The summed E-state index contributed by atoms with van der Waals surface area (Å²) in [5.74, 6) is -0.846. The molecule has 2 aromatic rings. The van der Waals surface area contributed by atoms with Crippen LogP contribution in [0.25, 0.3) is 10.2 Å². The number of aromatic nitrogens is 1. The van der Waals surface area contributed by atoms with E-state index in [4.69, 9.17) is 0 Å². The maximum absolute atomic E-state index is 12.7. The number of nitrogens with zero attached hydrogens (tertiary/aromatic N) is 2. The molecule has 1 aliphatic carbocycles. The number of rotatable bonds is 2. The van der Waals surface area contributed by atoms with Crippen LogP contribution >= 0.6 is 11.3 Å². The number of urea groups is 1. The second kappa shape index (κ2) is 5.55. The van der Waals surface area contributed by atoms with Crippen molar-refractivity contribution in [2.24, 2.45) is 0 Å². The molecule has 1 aromatic heterocycles. The molecule has 7 nitrogen and oxygen atoms in total. The number of hydrogen-bond acceptors (Lipinski definition) is 5. The Hall–Kier alpha value is -2.48. The van der Waals surface area contributed by atoms with E-state index in [1.54, 1.807) is 23.7 Å². The lowest BCUT2D eigenvalue weighted by molar-refractivity contribution is -0.134. The molecule has 2 N–H and O–H groups in total. The molecule has 0 radical (unpaired) electrons. The monoisotopic (exact) mass is 344 g/mol. The van der Waals surface area contributed by atoms with Crippen molar-refractivity contribution in [2.45, 2.75) is 37.6 Å². The first kappa shape index (κ1) is 15.1. The number of amides is 4. The van der Waals surface area contributed by atoms with Crippen LogP contribution in [-0.2, 0) is 4.79 Å². The molecule has 0 bridgehead atoms. The van der Waals surface area contributed by atoms with E-state index in [9.17, 15) is 14.4 Å². The van der Waals surface area contributed by atoms with Gasteiger partial charge in [-0.15, -0.1) is 11.3 Å². The largest absolute Gasteiger partial charge is 0.344 e. The van der Waals surface area contributed by atoms with E-state index in [1.807, 2.05) is 0 Å². The summed E-state index contributed by atoms with van der Waals surface area (Å²) < 4.78 is 0.878. The molecule has 124 valence electrons. The molecule has 2 fully saturated rings. The SMILES string of the molecule is O=C(NN1C(=O)NC2(CCCCC2)C1=O)c1ccc2ncsc2c1. The first-order chi connectivity index (χ1) is 11.6.